The predicted octanol–water partition coefficient (Wildman–Crippen LogP) is 10.9. The molecule has 2 aromatic heterocycles. The van der Waals surface area contributed by atoms with Crippen LogP contribution in [0.2, 0.25) is 0 Å². The fraction of sp³-hybridized carbons (Fsp3) is 0.667. The average Bonchev–Trinajstić information content (AvgIpc) is 3.59. The quantitative estimate of drug-likeness (QED) is 0.111. The number of unbranched alkanes of at least 4 members (excludes halogenated alkanes) is 12. The molecule has 230 valence electrons. The summed E-state index contributed by atoms with van der Waals surface area (Å²) in [5.74, 6) is 0.685. The van der Waals surface area contributed by atoms with Gasteiger partial charge in [0.15, 0.2) is 5.58 Å². The SMILES string of the molecule is CCCCCCN(CCCCCC)c1oc2cc3c(C#N)coc3c(N(CCCCCC)CCCCCC)c2c1C#N. The van der Waals surface area contributed by atoms with Crippen LogP contribution in [0.3, 0.4) is 0 Å². The number of fused-ring (bicyclic) bond motifs is 2. The van der Waals surface area contributed by atoms with E-state index in [0.717, 1.165) is 68.3 Å². The summed E-state index contributed by atoms with van der Waals surface area (Å²) in [6.45, 7) is 12.5. The summed E-state index contributed by atoms with van der Waals surface area (Å²) >= 11 is 0. The van der Waals surface area contributed by atoms with Crippen LogP contribution in [0.25, 0.3) is 21.9 Å². The van der Waals surface area contributed by atoms with E-state index < -0.39 is 0 Å². The molecule has 42 heavy (non-hydrogen) atoms. The maximum absolute atomic E-state index is 10.7. The van der Waals surface area contributed by atoms with E-state index in [1.165, 1.54) is 77.0 Å². The van der Waals surface area contributed by atoms with Gasteiger partial charge in [-0.25, -0.2) is 0 Å². The van der Waals surface area contributed by atoms with Crippen LogP contribution in [0.1, 0.15) is 142 Å². The number of benzene rings is 1. The smallest absolute Gasteiger partial charge is 0.214 e. The maximum atomic E-state index is 10.7. The summed E-state index contributed by atoms with van der Waals surface area (Å²) in [4.78, 5) is 4.74. The Labute approximate surface area is 254 Å². The van der Waals surface area contributed by atoms with E-state index in [9.17, 15) is 10.5 Å². The van der Waals surface area contributed by atoms with Gasteiger partial charge in [-0.3, -0.25) is 0 Å². The van der Waals surface area contributed by atoms with Crippen LogP contribution in [0, 0.1) is 22.7 Å². The molecule has 0 aliphatic heterocycles. The van der Waals surface area contributed by atoms with E-state index in [1.807, 2.05) is 6.07 Å². The zero-order valence-corrected chi connectivity index (χ0v) is 26.9. The number of hydrogen-bond donors (Lipinski definition) is 0. The minimum absolute atomic E-state index is 0.512. The van der Waals surface area contributed by atoms with Crippen molar-refractivity contribution in [3.05, 3.63) is 23.5 Å². The van der Waals surface area contributed by atoms with Crippen molar-refractivity contribution < 1.29 is 8.83 Å². The van der Waals surface area contributed by atoms with Gasteiger partial charge in [0.25, 0.3) is 0 Å². The second-order valence-corrected chi connectivity index (χ2v) is 11.8. The molecule has 1 aromatic carbocycles. The van der Waals surface area contributed by atoms with Gasteiger partial charge in [0.1, 0.15) is 29.5 Å². The highest BCUT2D eigenvalue weighted by Gasteiger charge is 2.28. The van der Waals surface area contributed by atoms with Crippen LogP contribution in [0.15, 0.2) is 21.2 Å². The molecule has 2 heterocycles. The van der Waals surface area contributed by atoms with Crippen molar-refractivity contribution in [1.29, 1.82) is 10.5 Å². The summed E-state index contributed by atoms with van der Waals surface area (Å²) in [6, 6.07) is 6.81. The number of nitriles is 2. The van der Waals surface area contributed by atoms with Crippen molar-refractivity contribution in [2.45, 2.75) is 130 Å². The molecular weight excluding hydrogens is 520 g/mol. The second-order valence-electron chi connectivity index (χ2n) is 11.8. The lowest BCUT2D eigenvalue weighted by Gasteiger charge is -2.26. The van der Waals surface area contributed by atoms with Crippen LogP contribution in [0.5, 0.6) is 0 Å². The van der Waals surface area contributed by atoms with E-state index in [0.29, 0.717) is 28.2 Å². The molecule has 0 amide bonds. The molecule has 6 heteroatoms. The molecule has 0 unspecified atom stereocenters. The minimum Gasteiger partial charge on any atom is -0.461 e. The van der Waals surface area contributed by atoms with Crippen molar-refractivity contribution >= 4 is 33.5 Å². The molecule has 6 nitrogen and oxygen atoms in total. The Hall–Kier alpha value is -3.12. The number of furan rings is 2. The zero-order chi connectivity index (χ0) is 30.2. The zero-order valence-electron chi connectivity index (χ0n) is 26.9. The number of nitrogens with zero attached hydrogens (tertiary/aromatic N) is 4. The Morgan fingerprint density at radius 2 is 1.14 bits per heavy atom. The van der Waals surface area contributed by atoms with Crippen LogP contribution in [-0.4, -0.2) is 26.2 Å². The van der Waals surface area contributed by atoms with E-state index in [4.69, 9.17) is 8.83 Å². The molecule has 3 rings (SSSR count). The van der Waals surface area contributed by atoms with E-state index >= 15 is 0 Å². The number of rotatable bonds is 22. The van der Waals surface area contributed by atoms with Gasteiger partial charge >= 0.3 is 0 Å². The maximum Gasteiger partial charge on any atom is 0.214 e. The minimum atomic E-state index is 0.512. The summed E-state index contributed by atoms with van der Waals surface area (Å²) in [7, 11) is 0. The first-order valence-corrected chi connectivity index (χ1v) is 17.0. The lowest BCUT2D eigenvalue weighted by Crippen LogP contribution is -2.27. The van der Waals surface area contributed by atoms with Crippen LogP contribution < -0.4 is 9.80 Å². The van der Waals surface area contributed by atoms with Gasteiger partial charge in [-0.2, -0.15) is 10.5 Å². The van der Waals surface area contributed by atoms with E-state index in [1.54, 1.807) is 6.26 Å². The van der Waals surface area contributed by atoms with Crippen molar-refractivity contribution in [2.75, 3.05) is 36.0 Å². The highest BCUT2D eigenvalue weighted by molar-refractivity contribution is 6.12. The molecular formula is C36H54N4O2. The largest absolute Gasteiger partial charge is 0.461 e. The van der Waals surface area contributed by atoms with Gasteiger partial charge in [0.2, 0.25) is 5.88 Å². The summed E-state index contributed by atoms with van der Waals surface area (Å²) in [5.41, 5.74) is 3.43. The monoisotopic (exact) mass is 574 g/mol. The summed E-state index contributed by atoms with van der Waals surface area (Å²) in [6.07, 6.45) is 20.2. The topological polar surface area (TPSA) is 80.3 Å². The Kier molecular flexibility index (Phi) is 14.6. The summed E-state index contributed by atoms with van der Waals surface area (Å²) in [5, 5.41) is 22.2. The fourth-order valence-corrected chi connectivity index (χ4v) is 5.99. The van der Waals surface area contributed by atoms with Gasteiger partial charge < -0.3 is 18.6 Å². The first-order chi connectivity index (χ1) is 20.6. The van der Waals surface area contributed by atoms with E-state index in [-0.39, 0.29) is 0 Å². The Bertz CT molecular complexity index is 1270. The van der Waals surface area contributed by atoms with Crippen molar-refractivity contribution in [3.63, 3.8) is 0 Å². The first-order valence-electron chi connectivity index (χ1n) is 17.0. The van der Waals surface area contributed by atoms with Gasteiger partial charge in [-0.1, -0.05) is 105 Å². The molecule has 0 saturated carbocycles. The summed E-state index contributed by atoms with van der Waals surface area (Å²) < 4.78 is 12.8. The second kappa shape index (κ2) is 18.4. The Morgan fingerprint density at radius 1 is 0.643 bits per heavy atom. The molecule has 3 aromatic rings. The molecule has 0 bridgehead atoms. The van der Waals surface area contributed by atoms with Gasteiger partial charge in [0.05, 0.1) is 16.6 Å². The Balaban J connectivity index is 2.15. The van der Waals surface area contributed by atoms with Crippen molar-refractivity contribution in [2.24, 2.45) is 0 Å². The molecule has 0 aliphatic rings. The van der Waals surface area contributed by atoms with Crippen LogP contribution >= 0.6 is 0 Å². The highest BCUT2D eigenvalue weighted by Crippen LogP contribution is 2.44. The van der Waals surface area contributed by atoms with Gasteiger partial charge in [0, 0.05) is 31.6 Å². The van der Waals surface area contributed by atoms with Crippen LogP contribution in [0.4, 0.5) is 11.6 Å². The molecule has 0 spiro atoms. The first kappa shape index (κ1) is 33.4. The third-order valence-electron chi connectivity index (χ3n) is 8.44. The highest BCUT2D eigenvalue weighted by atomic mass is 16.4. The third kappa shape index (κ3) is 8.70. The lowest BCUT2D eigenvalue weighted by atomic mass is 10.0. The molecule has 0 radical (unpaired) electrons. The molecule has 0 N–H and O–H groups in total. The molecule has 0 fully saturated rings. The molecule has 0 aliphatic carbocycles. The van der Waals surface area contributed by atoms with Gasteiger partial charge in [-0.05, 0) is 31.7 Å². The Morgan fingerprint density at radius 3 is 1.60 bits per heavy atom. The van der Waals surface area contributed by atoms with Gasteiger partial charge in [-0.15, -0.1) is 0 Å². The average molecular weight is 575 g/mol. The third-order valence-corrected chi connectivity index (χ3v) is 8.44. The van der Waals surface area contributed by atoms with Crippen molar-refractivity contribution in [3.8, 4) is 12.1 Å². The van der Waals surface area contributed by atoms with E-state index in [2.05, 4.69) is 49.6 Å². The molecule has 0 saturated heterocycles. The predicted molar refractivity (Wildman–Crippen MR) is 176 cm³/mol. The fourth-order valence-electron chi connectivity index (χ4n) is 5.99. The van der Waals surface area contributed by atoms with Crippen molar-refractivity contribution in [1.82, 2.24) is 0 Å². The normalized spacial score (nSPS) is 11.3. The number of hydrogen-bond acceptors (Lipinski definition) is 6. The standard InChI is InChI=1S/C36H54N4O2/c1-5-9-13-17-21-39(22-18-14-10-6-2)34-33-31(27-38)36(40(23-19-15-11-7-3)24-20-16-12-8-4)42-32(33)25-30-29(26-37)28-41-35(30)34/h25,28H,5-24H2,1-4H3. The molecule has 0 atom stereocenters. The van der Waals surface area contributed by atoms with Crippen LogP contribution in [-0.2, 0) is 0 Å². The lowest BCUT2D eigenvalue weighted by molar-refractivity contribution is 0.544. The number of anilines is 2.